The number of nitro groups is 1. The molecule has 0 amide bonds. The fraction of sp³-hybridized carbons (Fsp3) is 0.111. The molecule has 168 valence electrons. The van der Waals surface area contributed by atoms with E-state index in [1.807, 2.05) is 55.4 Å². The molecule has 4 aromatic carbocycles. The molecule has 0 aliphatic rings. The third-order valence-electron chi connectivity index (χ3n) is 5.76. The van der Waals surface area contributed by atoms with E-state index in [9.17, 15) is 10.1 Å². The van der Waals surface area contributed by atoms with Crippen molar-refractivity contribution in [3.8, 4) is 0 Å². The van der Waals surface area contributed by atoms with E-state index in [4.69, 9.17) is 0 Å². The first-order chi connectivity index (χ1) is 15.5. The van der Waals surface area contributed by atoms with Crippen molar-refractivity contribution in [2.75, 3.05) is 19.0 Å². The first-order valence-corrected chi connectivity index (χ1v) is 12.5. The number of nitro benzene ring substituents is 1. The zero-order chi connectivity index (χ0) is 22.6. The van der Waals surface area contributed by atoms with Gasteiger partial charge in [-0.3, -0.25) is 10.1 Å². The highest BCUT2D eigenvalue weighted by Gasteiger charge is 2.47. The molecule has 0 fully saturated rings. The van der Waals surface area contributed by atoms with Gasteiger partial charge in [0.1, 0.15) is 35.0 Å². The van der Waals surface area contributed by atoms with E-state index < -0.39 is 7.26 Å². The molecule has 6 heteroatoms. The molecular formula is C27H27BrN2O2P+. The Labute approximate surface area is 206 Å². The molecule has 0 aliphatic carbocycles. The van der Waals surface area contributed by atoms with E-state index >= 15 is 0 Å². The lowest BCUT2D eigenvalue weighted by Gasteiger charge is -2.28. The number of nitrogens with zero attached hydrogens (tertiary/aromatic N) is 2. The molecule has 0 unspecified atom stereocenters. The maximum absolute atomic E-state index is 12.2. The molecule has 0 heterocycles. The van der Waals surface area contributed by atoms with E-state index in [-0.39, 0.29) is 27.6 Å². The predicted molar refractivity (Wildman–Crippen MR) is 147 cm³/mol. The Balaban J connectivity index is 0.00000306. The molecule has 0 N–H and O–H groups in total. The number of halogens is 1. The number of rotatable bonds is 7. The molecular weight excluding hydrogens is 495 g/mol. The largest absolute Gasteiger partial charge is 0.372 e. The Bertz CT molecular complexity index is 1110. The summed E-state index contributed by atoms with van der Waals surface area (Å²) in [4.78, 5) is 13.8. The number of benzene rings is 4. The van der Waals surface area contributed by atoms with Crippen molar-refractivity contribution in [3.63, 3.8) is 0 Å². The van der Waals surface area contributed by atoms with E-state index in [0.717, 1.165) is 5.56 Å². The lowest BCUT2D eigenvalue weighted by Crippen LogP contribution is -2.32. The van der Waals surface area contributed by atoms with Crippen molar-refractivity contribution in [2.45, 2.75) is 6.16 Å². The average Bonchev–Trinajstić information content (AvgIpc) is 2.84. The van der Waals surface area contributed by atoms with Gasteiger partial charge in [-0.1, -0.05) is 60.7 Å². The molecule has 4 rings (SSSR count). The summed E-state index contributed by atoms with van der Waals surface area (Å²) < 4.78 is 0. The normalized spacial score (nSPS) is 10.8. The Morgan fingerprint density at radius 3 is 1.48 bits per heavy atom. The fourth-order valence-electron chi connectivity index (χ4n) is 4.30. The van der Waals surface area contributed by atoms with Crippen LogP contribution >= 0.6 is 24.2 Å². The van der Waals surface area contributed by atoms with Crippen LogP contribution in [0.5, 0.6) is 0 Å². The summed E-state index contributed by atoms with van der Waals surface area (Å²) in [5.41, 5.74) is 1.57. The van der Waals surface area contributed by atoms with Crippen molar-refractivity contribution in [1.82, 2.24) is 0 Å². The zero-order valence-electron chi connectivity index (χ0n) is 18.7. The van der Waals surface area contributed by atoms with Gasteiger partial charge in [0.2, 0.25) is 0 Å². The average molecular weight is 522 g/mol. The summed E-state index contributed by atoms with van der Waals surface area (Å²) >= 11 is 0. The van der Waals surface area contributed by atoms with E-state index in [0.29, 0.717) is 11.8 Å². The molecule has 0 saturated heterocycles. The monoisotopic (exact) mass is 521 g/mol. The minimum Gasteiger partial charge on any atom is -0.372 e. The van der Waals surface area contributed by atoms with E-state index in [1.165, 1.54) is 15.9 Å². The van der Waals surface area contributed by atoms with Gasteiger partial charge in [0.15, 0.2) is 0 Å². The van der Waals surface area contributed by atoms with Crippen LogP contribution in [-0.2, 0) is 6.16 Å². The number of hydrogen-bond acceptors (Lipinski definition) is 3. The predicted octanol–water partition coefficient (Wildman–Crippen LogP) is 5.73. The standard InChI is InChI=1S/C27H26N2O2P.BrH/c1-28(2)26-20-12-13-22(27(26)29(30)31)21-32(23-14-6-3-7-15-23,24-16-8-4-9-17-24)25-18-10-5-11-19-25;/h3-20H,21H2,1-2H3;1H/q+1;. The molecule has 0 aromatic heterocycles. The van der Waals surface area contributed by atoms with E-state index in [2.05, 4.69) is 72.8 Å². The SMILES string of the molecule is Br.CN(C)c1cccc(C[P+](c2ccccc2)(c2ccccc2)c2ccccc2)c1[N+](=O)[O-]. The second-order valence-corrected chi connectivity index (χ2v) is 11.4. The van der Waals surface area contributed by atoms with Crippen LogP contribution in [-0.4, -0.2) is 19.0 Å². The second kappa shape index (κ2) is 10.7. The summed E-state index contributed by atoms with van der Waals surface area (Å²) in [7, 11) is 1.48. The van der Waals surface area contributed by atoms with Gasteiger partial charge >= 0.3 is 0 Å². The molecule has 33 heavy (non-hydrogen) atoms. The third kappa shape index (κ3) is 4.85. The number of hydrogen-bond donors (Lipinski definition) is 0. The van der Waals surface area contributed by atoms with Gasteiger partial charge < -0.3 is 4.90 Å². The summed E-state index contributed by atoms with van der Waals surface area (Å²) in [6, 6.07) is 37.0. The molecule has 0 radical (unpaired) electrons. The van der Waals surface area contributed by atoms with Gasteiger partial charge in [0.25, 0.3) is 5.69 Å². The van der Waals surface area contributed by atoms with Crippen LogP contribution in [0.3, 0.4) is 0 Å². The Morgan fingerprint density at radius 2 is 1.12 bits per heavy atom. The topological polar surface area (TPSA) is 46.4 Å². The minimum absolute atomic E-state index is 0. The van der Waals surface area contributed by atoms with Crippen LogP contribution in [0.25, 0.3) is 0 Å². The summed E-state index contributed by atoms with van der Waals surface area (Å²) in [6.07, 6.45) is 0.572. The minimum atomic E-state index is -2.21. The highest BCUT2D eigenvalue weighted by molar-refractivity contribution is 8.93. The Kier molecular flexibility index (Phi) is 8.01. The quantitative estimate of drug-likeness (QED) is 0.177. The highest BCUT2D eigenvalue weighted by atomic mass is 79.9. The molecule has 0 bridgehead atoms. The van der Waals surface area contributed by atoms with Gasteiger partial charge in [-0.25, -0.2) is 0 Å². The van der Waals surface area contributed by atoms with Crippen LogP contribution < -0.4 is 20.8 Å². The van der Waals surface area contributed by atoms with Crippen molar-refractivity contribution in [2.24, 2.45) is 0 Å². The molecule has 0 atom stereocenters. The molecule has 0 saturated carbocycles. The van der Waals surface area contributed by atoms with Crippen molar-refractivity contribution < 1.29 is 4.92 Å². The molecule has 0 aliphatic heterocycles. The Hall–Kier alpha value is -3.01. The van der Waals surface area contributed by atoms with Gasteiger partial charge in [0, 0.05) is 14.1 Å². The molecule has 4 aromatic rings. The first kappa shape index (κ1) is 24.6. The summed E-state index contributed by atoms with van der Waals surface area (Å²) in [5.74, 6) is 0. The second-order valence-electron chi connectivity index (χ2n) is 7.91. The van der Waals surface area contributed by atoms with Crippen LogP contribution in [0.2, 0.25) is 0 Å². The van der Waals surface area contributed by atoms with E-state index in [1.54, 1.807) is 0 Å². The third-order valence-corrected chi connectivity index (χ3v) is 10.1. The molecule has 4 nitrogen and oxygen atoms in total. The van der Waals surface area contributed by atoms with Crippen molar-refractivity contribution in [3.05, 3.63) is 125 Å². The fourth-order valence-corrected chi connectivity index (χ4v) is 8.55. The van der Waals surface area contributed by atoms with Crippen LogP contribution in [0.4, 0.5) is 11.4 Å². The number of para-hydroxylation sites is 1. The lowest BCUT2D eigenvalue weighted by molar-refractivity contribution is -0.384. The van der Waals surface area contributed by atoms with Gasteiger partial charge in [-0.2, -0.15) is 0 Å². The maximum Gasteiger partial charge on any atom is 0.299 e. The van der Waals surface area contributed by atoms with Crippen LogP contribution in [0.1, 0.15) is 5.56 Å². The summed E-state index contributed by atoms with van der Waals surface area (Å²) in [5, 5.41) is 15.9. The Morgan fingerprint density at radius 1 is 0.697 bits per heavy atom. The highest BCUT2D eigenvalue weighted by Crippen LogP contribution is 2.59. The van der Waals surface area contributed by atoms with Gasteiger partial charge in [0.05, 0.1) is 10.5 Å². The first-order valence-electron chi connectivity index (χ1n) is 10.5. The van der Waals surface area contributed by atoms with Gasteiger partial charge in [-0.15, -0.1) is 17.0 Å². The van der Waals surface area contributed by atoms with Crippen LogP contribution in [0.15, 0.2) is 109 Å². The molecule has 0 spiro atoms. The summed E-state index contributed by atoms with van der Waals surface area (Å²) in [6.45, 7) is 0. The maximum atomic E-state index is 12.2. The smallest absolute Gasteiger partial charge is 0.299 e. The van der Waals surface area contributed by atoms with Gasteiger partial charge in [-0.05, 0) is 48.5 Å². The van der Waals surface area contributed by atoms with Crippen molar-refractivity contribution >= 4 is 51.5 Å². The van der Waals surface area contributed by atoms with Crippen LogP contribution in [0, 0.1) is 10.1 Å². The number of anilines is 1. The van der Waals surface area contributed by atoms with Crippen molar-refractivity contribution in [1.29, 1.82) is 0 Å². The lowest BCUT2D eigenvalue weighted by atomic mass is 10.1. The zero-order valence-corrected chi connectivity index (χ0v) is 21.3.